The summed E-state index contributed by atoms with van der Waals surface area (Å²) in [5.74, 6) is 1.52. The second-order valence-electron chi connectivity index (χ2n) is 7.59. The summed E-state index contributed by atoms with van der Waals surface area (Å²) in [6.07, 6.45) is 6.14. The van der Waals surface area contributed by atoms with Gasteiger partial charge in [-0.25, -0.2) is 0 Å². The van der Waals surface area contributed by atoms with E-state index < -0.39 is 0 Å². The molecule has 0 aromatic heterocycles. The zero-order valence-electron chi connectivity index (χ0n) is 15.3. The van der Waals surface area contributed by atoms with Crippen LogP contribution in [0, 0.1) is 18.8 Å². The molecule has 0 saturated heterocycles. The van der Waals surface area contributed by atoms with Crippen LogP contribution in [0.5, 0.6) is 0 Å². The predicted octanol–water partition coefficient (Wildman–Crippen LogP) is 6.40. The van der Waals surface area contributed by atoms with E-state index in [4.69, 9.17) is 0 Å². The number of hydrogen-bond acceptors (Lipinski definition) is 0. The van der Waals surface area contributed by atoms with Gasteiger partial charge in [0.05, 0.1) is 0 Å². The van der Waals surface area contributed by atoms with Crippen molar-refractivity contribution in [3.8, 4) is 0 Å². The molecule has 0 saturated carbocycles. The molecular weight excluding hydrogens is 276 g/mol. The summed E-state index contributed by atoms with van der Waals surface area (Å²) in [5.41, 5.74) is 5.82. The first kappa shape index (κ1) is 17.8. The van der Waals surface area contributed by atoms with Crippen LogP contribution in [0.25, 0.3) is 0 Å². The van der Waals surface area contributed by atoms with Gasteiger partial charge < -0.3 is 0 Å². The van der Waals surface area contributed by atoms with E-state index in [1.807, 2.05) is 0 Å². The normalized spacial score (nSPS) is 12.6. The lowest BCUT2D eigenvalue weighted by atomic mass is 9.93. The molecule has 2 aromatic rings. The molecule has 0 aliphatic rings. The lowest BCUT2D eigenvalue weighted by molar-refractivity contribution is 0.530. The van der Waals surface area contributed by atoms with Crippen LogP contribution in [-0.2, 0) is 19.3 Å². The third-order valence-corrected chi connectivity index (χ3v) is 4.63. The highest BCUT2D eigenvalue weighted by atomic mass is 14.1. The minimum atomic E-state index is 0.733. The Hall–Kier alpha value is -1.56. The van der Waals surface area contributed by atoms with E-state index in [-0.39, 0.29) is 0 Å². The van der Waals surface area contributed by atoms with Crippen LogP contribution in [-0.4, -0.2) is 0 Å². The minimum absolute atomic E-state index is 0.733. The Labute approximate surface area is 143 Å². The largest absolute Gasteiger partial charge is 0.0628 e. The van der Waals surface area contributed by atoms with E-state index in [0.717, 1.165) is 11.8 Å². The standard InChI is InChI=1S/C23H32/c1-18(2)8-12-22-6-5-7-23(17-22)16-20(4)11-15-21-13-9-19(3)10-14-21/h5-7,9-10,13-14,17-18,20H,8,11-12,15-16H2,1-4H3. The lowest BCUT2D eigenvalue weighted by Gasteiger charge is -2.13. The maximum atomic E-state index is 2.42. The third-order valence-electron chi connectivity index (χ3n) is 4.63. The Balaban J connectivity index is 1.83. The average Bonchev–Trinajstić information content (AvgIpc) is 2.53. The second kappa shape index (κ2) is 8.91. The van der Waals surface area contributed by atoms with E-state index in [1.54, 1.807) is 0 Å². The molecule has 0 aliphatic carbocycles. The molecule has 0 N–H and O–H groups in total. The van der Waals surface area contributed by atoms with Gasteiger partial charge in [-0.3, -0.25) is 0 Å². The van der Waals surface area contributed by atoms with Crippen LogP contribution >= 0.6 is 0 Å². The molecule has 23 heavy (non-hydrogen) atoms. The SMILES string of the molecule is Cc1ccc(CCC(C)Cc2cccc(CCC(C)C)c2)cc1. The fourth-order valence-electron chi connectivity index (χ4n) is 3.04. The van der Waals surface area contributed by atoms with Crippen molar-refractivity contribution in [3.05, 3.63) is 70.8 Å². The maximum absolute atomic E-state index is 2.42. The summed E-state index contributed by atoms with van der Waals surface area (Å²) in [6.45, 7) is 9.14. The zero-order valence-corrected chi connectivity index (χ0v) is 15.3. The number of benzene rings is 2. The van der Waals surface area contributed by atoms with E-state index >= 15 is 0 Å². The van der Waals surface area contributed by atoms with Crippen molar-refractivity contribution in [1.29, 1.82) is 0 Å². The fourth-order valence-corrected chi connectivity index (χ4v) is 3.04. The van der Waals surface area contributed by atoms with Crippen molar-refractivity contribution < 1.29 is 0 Å². The Morgan fingerprint density at radius 3 is 2.09 bits per heavy atom. The molecule has 0 bridgehead atoms. The van der Waals surface area contributed by atoms with Crippen molar-refractivity contribution in [2.45, 2.75) is 59.8 Å². The van der Waals surface area contributed by atoms with Gasteiger partial charge in [0.1, 0.15) is 0 Å². The van der Waals surface area contributed by atoms with E-state index in [9.17, 15) is 0 Å². The molecule has 2 aromatic carbocycles. The molecule has 1 unspecified atom stereocenters. The first-order chi connectivity index (χ1) is 11.0. The molecule has 124 valence electrons. The van der Waals surface area contributed by atoms with Gasteiger partial charge >= 0.3 is 0 Å². The van der Waals surface area contributed by atoms with E-state index in [0.29, 0.717) is 0 Å². The average molecular weight is 309 g/mol. The number of aryl methyl sites for hydroxylation is 3. The number of rotatable bonds is 8. The number of hydrogen-bond donors (Lipinski definition) is 0. The molecule has 0 fully saturated rings. The molecule has 0 heteroatoms. The molecular formula is C23H32. The summed E-state index contributed by atoms with van der Waals surface area (Å²) in [7, 11) is 0. The Morgan fingerprint density at radius 2 is 1.39 bits per heavy atom. The van der Waals surface area contributed by atoms with Crippen LogP contribution in [0.3, 0.4) is 0 Å². The van der Waals surface area contributed by atoms with Crippen molar-refractivity contribution in [2.75, 3.05) is 0 Å². The molecule has 0 heterocycles. The summed E-state index contributed by atoms with van der Waals surface area (Å²) >= 11 is 0. The topological polar surface area (TPSA) is 0 Å². The van der Waals surface area contributed by atoms with Crippen LogP contribution < -0.4 is 0 Å². The zero-order chi connectivity index (χ0) is 16.7. The predicted molar refractivity (Wildman–Crippen MR) is 102 cm³/mol. The molecule has 0 spiro atoms. The third kappa shape index (κ3) is 6.60. The molecule has 0 aliphatic heterocycles. The van der Waals surface area contributed by atoms with Crippen LogP contribution in [0.15, 0.2) is 48.5 Å². The van der Waals surface area contributed by atoms with E-state index in [2.05, 4.69) is 76.2 Å². The first-order valence-electron chi connectivity index (χ1n) is 9.16. The van der Waals surface area contributed by atoms with Crippen LogP contribution in [0.4, 0.5) is 0 Å². The highest BCUT2D eigenvalue weighted by Crippen LogP contribution is 2.18. The van der Waals surface area contributed by atoms with Gasteiger partial charge in [0, 0.05) is 0 Å². The fraction of sp³-hybridized carbons (Fsp3) is 0.478. The summed E-state index contributed by atoms with van der Waals surface area (Å²) in [5, 5.41) is 0. The summed E-state index contributed by atoms with van der Waals surface area (Å²) in [6, 6.07) is 18.2. The van der Waals surface area contributed by atoms with Crippen LogP contribution in [0.1, 0.15) is 55.9 Å². The molecule has 2 rings (SSSR count). The summed E-state index contributed by atoms with van der Waals surface area (Å²) < 4.78 is 0. The first-order valence-corrected chi connectivity index (χ1v) is 9.16. The van der Waals surface area contributed by atoms with Crippen molar-refractivity contribution >= 4 is 0 Å². The van der Waals surface area contributed by atoms with Gasteiger partial charge in [-0.1, -0.05) is 74.9 Å². The minimum Gasteiger partial charge on any atom is -0.0628 e. The van der Waals surface area contributed by atoms with Gasteiger partial charge in [-0.05, 0) is 67.6 Å². The maximum Gasteiger partial charge on any atom is -0.0253 e. The second-order valence-corrected chi connectivity index (χ2v) is 7.59. The summed E-state index contributed by atoms with van der Waals surface area (Å²) in [4.78, 5) is 0. The quantitative estimate of drug-likeness (QED) is 0.529. The van der Waals surface area contributed by atoms with Gasteiger partial charge in [-0.2, -0.15) is 0 Å². The Morgan fingerprint density at radius 1 is 0.739 bits per heavy atom. The van der Waals surface area contributed by atoms with Gasteiger partial charge in [0.2, 0.25) is 0 Å². The lowest BCUT2D eigenvalue weighted by Crippen LogP contribution is -2.02. The van der Waals surface area contributed by atoms with Gasteiger partial charge in [0.25, 0.3) is 0 Å². The molecule has 0 radical (unpaired) electrons. The van der Waals surface area contributed by atoms with Crippen LogP contribution in [0.2, 0.25) is 0 Å². The van der Waals surface area contributed by atoms with Crippen molar-refractivity contribution in [2.24, 2.45) is 11.8 Å². The monoisotopic (exact) mass is 308 g/mol. The Kier molecular flexibility index (Phi) is 6.89. The molecule has 0 amide bonds. The van der Waals surface area contributed by atoms with Crippen molar-refractivity contribution in [3.63, 3.8) is 0 Å². The Bertz CT molecular complexity index is 577. The van der Waals surface area contributed by atoms with Crippen molar-refractivity contribution in [1.82, 2.24) is 0 Å². The smallest absolute Gasteiger partial charge is 0.0253 e. The molecule has 0 nitrogen and oxygen atoms in total. The van der Waals surface area contributed by atoms with E-state index in [1.165, 1.54) is 54.4 Å². The molecule has 1 atom stereocenters. The van der Waals surface area contributed by atoms with Gasteiger partial charge in [0.15, 0.2) is 0 Å². The van der Waals surface area contributed by atoms with Gasteiger partial charge in [-0.15, -0.1) is 0 Å². The highest BCUT2D eigenvalue weighted by Gasteiger charge is 2.06. The highest BCUT2D eigenvalue weighted by molar-refractivity contribution is 5.24.